The fourth-order valence-corrected chi connectivity index (χ4v) is 2.01. The van der Waals surface area contributed by atoms with E-state index in [9.17, 15) is 25.0 Å². The van der Waals surface area contributed by atoms with Gasteiger partial charge in [0.1, 0.15) is 10.2 Å². The molecular weight excluding hydrogens is 350 g/mol. The van der Waals surface area contributed by atoms with Gasteiger partial charge in [-0.2, -0.15) is 0 Å². The molecule has 2 aromatic rings. The maximum Gasteiger partial charge on any atom is 0.357 e. The third-order valence-electron chi connectivity index (χ3n) is 2.44. The van der Waals surface area contributed by atoms with Gasteiger partial charge in [-0.1, -0.05) is 17.2 Å². The summed E-state index contributed by atoms with van der Waals surface area (Å²) in [5, 5.41) is 29.4. The molecule has 0 unspecified atom stereocenters. The molecule has 1 aromatic heterocycles. The van der Waals surface area contributed by atoms with Crippen LogP contribution in [-0.2, 0) is 0 Å². The molecule has 0 bridgehead atoms. The summed E-state index contributed by atoms with van der Waals surface area (Å²) in [6.45, 7) is 0. The van der Waals surface area contributed by atoms with Gasteiger partial charge >= 0.3 is 5.82 Å². The third-order valence-corrected chi connectivity index (χ3v) is 3.19. The summed E-state index contributed by atoms with van der Waals surface area (Å²) < 4.78 is -0.136. The van der Waals surface area contributed by atoms with Gasteiger partial charge in [0.25, 0.3) is 11.6 Å². The van der Waals surface area contributed by atoms with Gasteiger partial charge in [-0.05, 0) is 26.9 Å². The van der Waals surface area contributed by atoms with E-state index in [0.717, 1.165) is 0 Å². The average molecular weight is 356 g/mol. The van der Waals surface area contributed by atoms with Crippen LogP contribution >= 0.6 is 15.9 Å². The first-order valence-electron chi connectivity index (χ1n) is 5.35. The number of hydrogen-bond donors (Lipinski definition) is 2. The number of anilines is 1. The topological polar surface area (TPSA) is 144 Å². The first-order valence-corrected chi connectivity index (χ1v) is 6.14. The number of nitro groups is 2. The van der Waals surface area contributed by atoms with Crippen molar-refractivity contribution in [2.24, 2.45) is 0 Å². The Bertz CT molecular complexity index is 743. The summed E-state index contributed by atoms with van der Waals surface area (Å²) in [6, 6.07) is 5.51. The average Bonchev–Trinajstić information content (AvgIpc) is 2.81. The summed E-state index contributed by atoms with van der Waals surface area (Å²) in [7, 11) is 0. The molecule has 0 aliphatic rings. The minimum absolute atomic E-state index is 0.0370. The number of nitrogens with zero attached hydrogens (tertiary/aromatic N) is 3. The Kier molecular flexibility index (Phi) is 3.93. The molecule has 108 valence electrons. The second-order valence-electron chi connectivity index (χ2n) is 3.72. The monoisotopic (exact) mass is 355 g/mol. The van der Waals surface area contributed by atoms with Crippen LogP contribution in [0.1, 0.15) is 10.5 Å². The molecule has 10 nitrogen and oxygen atoms in total. The quantitative estimate of drug-likeness (QED) is 0.635. The second kappa shape index (κ2) is 5.66. The number of nitrogens with one attached hydrogen (secondary N) is 2. The Morgan fingerprint density at radius 3 is 2.48 bits per heavy atom. The molecule has 0 fully saturated rings. The fourth-order valence-electron chi connectivity index (χ4n) is 1.51. The molecule has 11 heteroatoms. The van der Waals surface area contributed by atoms with Crippen molar-refractivity contribution in [1.29, 1.82) is 0 Å². The van der Waals surface area contributed by atoms with Crippen LogP contribution in [0.4, 0.5) is 17.2 Å². The maximum absolute atomic E-state index is 12.0. The SMILES string of the molecule is O=C(Nc1ccccc1[N+](=O)[O-])c1n[nH]c([N+](=O)[O-])c1Br. The van der Waals surface area contributed by atoms with Gasteiger partial charge in [-0.3, -0.25) is 14.9 Å². The predicted molar refractivity (Wildman–Crippen MR) is 74.0 cm³/mol. The van der Waals surface area contributed by atoms with Crippen molar-refractivity contribution in [2.75, 3.05) is 5.32 Å². The Labute approximate surface area is 124 Å². The van der Waals surface area contributed by atoms with Crippen LogP contribution in [0.25, 0.3) is 0 Å². The van der Waals surface area contributed by atoms with E-state index < -0.39 is 21.6 Å². The number of aromatic nitrogens is 2. The summed E-state index contributed by atoms with van der Waals surface area (Å²) in [4.78, 5) is 32.0. The number of amides is 1. The molecule has 21 heavy (non-hydrogen) atoms. The van der Waals surface area contributed by atoms with Crippen molar-refractivity contribution < 1.29 is 14.6 Å². The van der Waals surface area contributed by atoms with E-state index in [0.29, 0.717) is 0 Å². The number of halogens is 1. The molecule has 0 spiro atoms. The highest BCUT2D eigenvalue weighted by Crippen LogP contribution is 2.28. The van der Waals surface area contributed by atoms with Crippen molar-refractivity contribution in [1.82, 2.24) is 10.2 Å². The first-order chi connectivity index (χ1) is 9.91. The normalized spacial score (nSPS) is 10.1. The van der Waals surface area contributed by atoms with E-state index in [1.165, 1.54) is 24.3 Å². The van der Waals surface area contributed by atoms with E-state index >= 15 is 0 Å². The lowest BCUT2D eigenvalue weighted by Crippen LogP contribution is -2.14. The number of para-hydroxylation sites is 2. The zero-order chi connectivity index (χ0) is 15.6. The molecule has 0 radical (unpaired) electrons. The largest absolute Gasteiger partial charge is 0.358 e. The lowest BCUT2D eigenvalue weighted by atomic mass is 10.2. The van der Waals surface area contributed by atoms with E-state index in [-0.39, 0.29) is 21.5 Å². The van der Waals surface area contributed by atoms with Crippen LogP contribution in [0, 0.1) is 20.2 Å². The number of aromatic amines is 1. The predicted octanol–water partition coefficient (Wildman–Crippen LogP) is 2.24. The minimum Gasteiger partial charge on any atom is -0.358 e. The van der Waals surface area contributed by atoms with Crippen LogP contribution in [0.15, 0.2) is 28.7 Å². The van der Waals surface area contributed by atoms with Gasteiger partial charge in [0.15, 0.2) is 5.69 Å². The standard InChI is InChI=1S/C10H6BrN5O5/c11-7-8(13-14-9(7)16(20)21)10(17)12-5-3-1-2-4-6(5)15(18)19/h1-4H,(H,12,17)(H,13,14). The molecule has 0 aliphatic heterocycles. The highest BCUT2D eigenvalue weighted by atomic mass is 79.9. The third kappa shape index (κ3) is 2.86. The van der Waals surface area contributed by atoms with Gasteiger partial charge < -0.3 is 15.4 Å². The Morgan fingerprint density at radius 2 is 1.90 bits per heavy atom. The zero-order valence-corrected chi connectivity index (χ0v) is 11.7. The lowest BCUT2D eigenvalue weighted by Gasteiger charge is -2.03. The highest BCUT2D eigenvalue weighted by Gasteiger charge is 2.26. The van der Waals surface area contributed by atoms with Gasteiger partial charge in [-0.25, -0.2) is 0 Å². The molecule has 0 saturated heterocycles. The van der Waals surface area contributed by atoms with Crippen molar-refractivity contribution in [3.8, 4) is 0 Å². The van der Waals surface area contributed by atoms with Crippen LogP contribution in [0.2, 0.25) is 0 Å². The summed E-state index contributed by atoms with van der Waals surface area (Å²) >= 11 is 2.88. The number of carbonyl (C=O) groups is 1. The van der Waals surface area contributed by atoms with Gasteiger partial charge in [0, 0.05) is 6.07 Å². The number of nitro benzene ring substituents is 1. The van der Waals surface area contributed by atoms with Crippen LogP contribution in [-0.4, -0.2) is 26.0 Å². The number of H-pyrrole nitrogens is 1. The zero-order valence-electron chi connectivity index (χ0n) is 10.1. The Morgan fingerprint density at radius 1 is 1.24 bits per heavy atom. The summed E-state index contributed by atoms with van der Waals surface area (Å²) in [5.74, 6) is -1.30. The molecule has 2 N–H and O–H groups in total. The van der Waals surface area contributed by atoms with Gasteiger partial charge in [0.2, 0.25) is 0 Å². The first kappa shape index (κ1) is 14.6. The molecule has 0 saturated carbocycles. The number of carbonyl (C=O) groups excluding carboxylic acids is 1. The van der Waals surface area contributed by atoms with Crippen molar-refractivity contribution in [3.63, 3.8) is 0 Å². The van der Waals surface area contributed by atoms with E-state index in [2.05, 4.69) is 31.4 Å². The van der Waals surface area contributed by atoms with Crippen LogP contribution in [0.3, 0.4) is 0 Å². The smallest absolute Gasteiger partial charge is 0.357 e. The maximum atomic E-state index is 12.0. The molecule has 1 aromatic carbocycles. The van der Waals surface area contributed by atoms with Crippen molar-refractivity contribution in [3.05, 3.63) is 54.7 Å². The Hall–Kier alpha value is -2.82. The molecule has 1 amide bonds. The number of rotatable bonds is 4. The number of benzene rings is 1. The molecule has 0 atom stereocenters. The minimum atomic E-state index is -0.819. The molecule has 2 rings (SSSR count). The van der Waals surface area contributed by atoms with Gasteiger partial charge in [0.05, 0.1) is 4.92 Å². The van der Waals surface area contributed by atoms with Crippen molar-refractivity contribution >= 4 is 39.0 Å². The van der Waals surface area contributed by atoms with E-state index in [4.69, 9.17) is 0 Å². The number of hydrogen-bond acceptors (Lipinski definition) is 6. The molecule has 1 heterocycles. The fraction of sp³-hybridized carbons (Fsp3) is 0. The molecular formula is C10H6BrN5O5. The molecule has 0 aliphatic carbocycles. The summed E-state index contributed by atoms with van der Waals surface area (Å²) in [6.07, 6.45) is 0. The van der Waals surface area contributed by atoms with Gasteiger partial charge in [-0.15, -0.1) is 5.10 Å². The van der Waals surface area contributed by atoms with Crippen molar-refractivity contribution in [2.45, 2.75) is 0 Å². The highest BCUT2D eigenvalue weighted by molar-refractivity contribution is 9.10. The lowest BCUT2D eigenvalue weighted by molar-refractivity contribution is -0.390. The van der Waals surface area contributed by atoms with Crippen LogP contribution < -0.4 is 5.32 Å². The van der Waals surface area contributed by atoms with E-state index in [1.54, 1.807) is 0 Å². The summed E-state index contributed by atoms with van der Waals surface area (Å²) in [5.41, 5.74) is -0.614. The Balaban J connectivity index is 2.31. The van der Waals surface area contributed by atoms with E-state index in [1.807, 2.05) is 0 Å². The van der Waals surface area contributed by atoms with Crippen LogP contribution in [0.5, 0.6) is 0 Å². The second-order valence-corrected chi connectivity index (χ2v) is 4.51.